The van der Waals surface area contributed by atoms with E-state index >= 15 is 0 Å². The summed E-state index contributed by atoms with van der Waals surface area (Å²) < 4.78 is 0. The Bertz CT molecular complexity index is 1090. The molecule has 0 heterocycles. The zero-order valence-electron chi connectivity index (χ0n) is 15.7. The van der Waals surface area contributed by atoms with Crippen molar-refractivity contribution in [1.82, 2.24) is 0 Å². The van der Waals surface area contributed by atoms with Gasteiger partial charge in [-0.25, -0.2) is 0 Å². The molecule has 0 saturated heterocycles. The molecule has 3 aromatic rings. The number of hydrogen-bond donors (Lipinski definition) is 0. The first kappa shape index (κ1) is 16.7. The van der Waals surface area contributed by atoms with Gasteiger partial charge in [-0.05, 0) is 52.3 Å². The van der Waals surface area contributed by atoms with Crippen LogP contribution >= 0.6 is 8.58 Å². The molecule has 0 spiro atoms. The zero-order valence-corrected chi connectivity index (χ0v) is 16.7. The van der Waals surface area contributed by atoms with Crippen LogP contribution in [0.25, 0.3) is 12.2 Å². The van der Waals surface area contributed by atoms with Crippen LogP contribution in [0.15, 0.2) is 83.7 Å². The topological polar surface area (TPSA) is 0 Å². The van der Waals surface area contributed by atoms with Crippen molar-refractivity contribution < 1.29 is 0 Å². The Balaban J connectivity index is 1.62. The lowest BCUT2D eigenvalue weighted by molar-refractivity contribution is 0.715. The van der Waals surface area contributed by atoms with Crippen molar-refractivity contribution >= 4 is 26.0 Å². The van der Waals surface area contributed by atoms with E-state index in [-0.39, 0.29) is 0 Å². The largest absolute Gasteiger partial charge is 0.0642 e. The lowest BCUT2D eigenvalue weighted by atomic mass is 9.81. The van der Waals surface area contributed by atoms with Crippen LogP contribution in [0.1, 0.15) is 46.6 Å². The van der Waals surface area contributed by atoms with Gasteiger partial charge in [-0.2, -0.15) is 0 Å². The first-order valence-electron chi connectivity index (χ1n) is 9.62. The van der Waals surface area contributed by atoms with Gasteiger partial charge in [0.05, 0.1) is 0 Å². The first-order chi connectivity index (χ1) is 13.2. The van der Waals surface area contributed by atoms with Crippen molar-refractivity contribution in [3.8, 4) is 0 Å². The summed E-state index contributed by atoms with van der Waals surface area (Å²) in [4.78, 5) is 0. The molecule has 2 aliphatic rings. The van der Waals surface area contributed by atoms with E-state index in [0.29, 0.717) is 11.8 Å². The van der Waals surface area contributed by atoms with Crippen LogP contribution in [-0.4, -0.2) is 0 Å². The van der Waals surface area contributed by atoms with E-state index < -0.39 is 0 Å². The molecular formula is C26H23P. The SMILES string of the molecule is CC1=Cc2ccccc2C1C1C(Pc2ccccc2C)=Cc2ccccc21. The molecule has 0 amide bonds. The predicted octanol–water partition coefficient (Wildman–Crippen LogP) is 6.64. The van der Waals surface area contributed by atoms with E-state index in [9.17, 15) is 0 Å². The third-order valence-corrected chi connectivity index (χ3v) is 7.51. The number of allylic oxidation sites excluding steroid dienone is 2. The molecule has 27 heavy (non-hydrogen) atoms. The van der Waals surface area contributed by atoms with E-state index in [0.717, 1.165) is 8.58 Å². The van der Waals surface area contributed by atoms with Gasteiger partial charge in [0, 0.05) is 11.8 Å². The van der Waals surface area contributed by atoms with Crippen LogP contribution in [0.4, 0.5) is 0 Å². The average molecular weight is 366 g/mol. The maximum atomic E-state index is 2.46. The summed E-state index contributed by atoms with van der Waals surface area (Å²) in [6.45, 7) is 4.54. The summed E-state index contributed by atoms with van der Waals surface area (Å²) in [5, 5.41) is 3.04. The van der Waals surface area contributed by atoms with Crippen LogP contribution in [-0.2, 0) is 0 Å². The molecule has 3 atom stereocenters. The predicted molar refractivity (Wildman–Crippen MR) is 119 cm³/mol. The van der Waals surface area contributed by atoms with Gasteiger partial charge in [0.15, 0.2) is 0 Å². The second-order valence-corrected chi connectivity index (χ2v) is 9.01. The average Bonchev–Trinajstić information content (AvgIpc) is 3.19. The second-order valence-electron chi connectivity index (χ2n) is 7.64. The van der Waals surface area contributed by atoms with Gasteiger partial charge in [-0.3, -0.25) is 0 Å². The molecule has 0 fully saturated rings. The van der Waals surface area contributed by atoms with E-state index in [2.05, 4.69) is 98.8 Å². The van der Waals surface area contributed by atoms with Gasteiger partial charge >= 0.3 is 0 Å². The molecule has 0 aromatic heterocycles. The van der Waals surface area contributed by atoms with Crippen molar-refractivity contribution in [2.45, 2.75) is 25.7 Å². The normalized spacial score (nSPS) is 20.5. The lowest BCUT2D eigenvalue weighted by Crippen LogP contribution is -2.11. The Kier molecular flexibility index (Phi) is 4.10. The monoisotopic (exact) mass is 366 g/mol. The van der Waals surface area contributed by atoms with E-state index in [1.807, 2.05) is 0 Å². The molecule has 5 rings (SSSR count). The molecule has 3 aromatic carbocycles. The van der Waals surface area contributed by atoms with Gasteiger partial charge < -0.3 is 0 Å². The zero-order chi connectivity index (χ0) is 18.4. The van der Waals surface area contributed by atoms with Gasteiger partial charge in [0.1, 0.15) is 0 Å². The van der Waals surface area contributed by atoms with Gasteiger partial charge in [-0.1, -0.05) is 99.1 Å². The maximum absolute atomic E-state index is 2.46. The highest BCUT2D eigenvalue weighted by Crippen LogP contribution is 2.56. The highest BCUT2D eigenvalue weighted by Gasteiger charge is 2.37. The number of benzene rings is 3. The van der Waals surface area contributed by atoms with Crippen LogP contribution in [0.2, 0.25) is 0 Å². The Morgan fingerprint density at radius 3 is 1.96 bits per heavy atom. The number of hydrogen-bond acceptors (Lipinski definition) is 0. The quantitative estimate of drug-likeness (QED) is 0.456. The van der Waals surface area contributed by atoms with Crippen molar-refractivity contribution in [3.05, 3.63) is 112 Å². The molecule has 132 valence electrons. The molecule has 0 nitrogen and oxygen atoms in total. The Morgan fingerprint density at radius 1 is 0.630 bits per heavy atom. The van der Waals surface area contributed by atoms with Crippen molar-refractivity contribution in [3.63, 3.8) is 0 Å². The molecule has 0 bridgehead atoms. The van der Waals surface area contributed by atoms with Gasteiger partial charge in [0.2, 0.25) is 0 Å². The van der Waals surface area contributed by atoms with Crippen molar-refractivity contribution in [2.75, 3.05) is 0 Å². The molecule has 0 N–H and O–H groups in total. The third-order valence-electron chi connectivity index (χ3n) is 5.94. The smallest absolute Gasteiger partial charge is 0.0207 e. The molecule has 0 saturated carbocycles. The standard InChI is InChI=1S/C26H23P/c1-17-9-3-8-14-23(17)27-24-16-20-11-5-7-13-22(20)26(24)25-18(2)15-19-10-4-6-12-21(19)25/h3-16,25-27H,1-2H3. The number of fused-ring (bicyclic) bond motifs is 2. The summed E-state index contributed by atoms with van der Waals surface area (Å²) in [7, 11) is 0.721. The van der Waals surface area contributed by atoms with Crippen LogP contribution in [0.3, 0.4) is 0 Å². The highest BCUT2D eigenvalue weighted by molar-refractivity contribution is 7.52. The molecule has 0 radical (unpaired) electrons. The summed E-state index contributed by atoms with van der Waals surface area (Å²) in [6, 6.07) is 26.7. The Morgan fingerprint density at radius 2 is 1.22 bits per heavy atom. The molecule has 3 unspecified atom stereocenters. The summed E-state index contributed by atoms with van der Waals surface area (Å²) in [6.07, 6.45) is 4.84. The van der Waals surface area contributed by atoms with Crippen molar-refractivity contribution in [1.29, 1.82) is 0 Å². The second kappa shape index (κ2) is 6.63. The van der Waals surface area contributed by atoms with Crippen LogP contribution in [0, 0.1) is 6.92 Å². The van der Waals surface area contributed by atoms with Gasteiger partial charge in [0.25, 0.3) is 0 Å². The number of rotatable bonds is 3. The molecule has 2 aliphatic carbocycles. The summed E-state index contributed by atoms with van der Waals surface area (Å²) >= 11 is 0. The maximum Gasteiger partial charge on any atom is 0.0207 e. The highest BCUT2D eigenvalue weighted by atomic mass is 31.1. The van der Waals surface area contributed by atoms with Crippen LogP contribution < -0.4 is 5.30 Å². The Labute approximate surface area is 163 Å². The van der Waals surface area contributed by atoms with Crippen LogP contribution in [0.5, 0.6) is 0 Å². The fourth-order valence-corrected chi connectivity index (χ4v) is 6.12. The minimum atomic E-state index is 0.444. The van der Waals surface area contributed by atoms with Gasteiger partial charge in [-0.15, -0.1) is 0 Å². The lowest BCUT2D eigenvalue weighted by Gasteiger charge is -2.27. The summed E-state index contributed by atoms with van der Waals surface area (Å²) in [5.41, 5.74) is 8.64. The third kappa shape index (κ3) is 2.80. The van der Waals surface area contributed by atoms with E-state index in [1.54, 1.807) is 5.31 Å². The number of aryl methyl sites for hydroxylation is 1. The van der Waals surface area contributed by atoms with E-state index in [1.165, 1.54) is 38.7 Å². The van der Waals surface area contributed by atoms with Crippen molar-refractivity contribution in [2.24, 2.45) is 0 Å². The first-order valence-corrected chi connectivity index (χ1v) is 10.6. The summed E-state index contributed by atoms with van der Waals surface area (Å²) in [5.74, 6) is 0.895. The van der Waals surface area contributed by atoms with E-state index in [4.69, 9.17) is 0 Å². The fourth-order valence-electron chi connectivity index (χ4n) is 4.64. The Hall–Kier alpha value is -2.43. The minimum Gasteiger partial charge on any atom is -0.0642 e. The molecule has 1 heteroatoms. The fraction of sp³-hybridized carbons (Fsp3) is 0.154. The minimum absolute atomic E-state index is 0.444. The molecule has 0 aliphatic heterocycles. The molecular weight excluding hydrogens is 343 g/mol.